The van der Waals surface area contributed by atoms with Gasteiger partial charge in [-0.1, -0.05) is 51.1 Å². The Kier molecular flexibility index (Phi) is 8.85. The summed E-state index contributed by atoms with van der Waals surface area (Å²) < 4.78 is 16.7. The molecule has 0 aliphatic rings. The molecule has 1 atom stereocenters. The number of hydrogen-bond acceptors (Lipinski definition) is 6. The van der Waals surface area contributed by atoms with Gasteiger partial charge in [0.05, 0.1) is 5.92 Å². The average molecular weight is 435 g/mol. The van der Waals surface area contributed by atoms with E-state index < -0.39 is 40.4 Å². The van der Waals surface area contributed by atoms with Gasteiger partial charge in [0.15, 0.2) is 5.41 Å². The van der Waals surface area contributed by atoms with Gasteiger partial charge in [0.25, 0.3) is 0 Å². The third-order valence-electron chi connectivity index (χ3n) is 4.57. The average Bonchev–Trinajstić information content (AvgIpc) is 2.61. The monoisotopic (exact) mass is 434 g/mol. The van der Waals surface area contributed by atoms with Crippen molar-refractivity contribution in [2.45, 2.75) is 86.5 Å². The molecule has 0 N–H and O–H groups in total. The van der Waals surface area contributed by atoms with Crippen molar-refractivity contribution >= 4 is 17.9 Å². The van der Waals surface area contributed by atoms with Crippen LogP contribution < -0.4 is 0 Å². The Morgan fingerprint density at radius 1 is 0.806 bits per heavy atom. The third-order valence-corrected chi connectivity index (χ3v) is 4.57. The van der Waals surface area contributed by atoms with Gasteiger partial charge in [0, 0.05) is 0 Å². The first kappa shape index (κ1) is 26.7. The van der Waals surface area contributed by atoms with Crippen LogP contribution in [0.5, 0.6) is 0 Å². The first-order chi connectivity index (χ1) is 14.1. The molecule has 174 valence electrons. The summed E-state index contributed by atoms with van der Waals surface area (Å²) in [7, 11) is 0. The zero-order valence-corrected chi connectivity index (χ0v) is 20.4. The summed E-state index contributed by atoms with van der Waals surface area (Å²) in [4.78, 5) is 39.9. The smallest absolute Gasteiger partial charge is 0.324 e. The summed E-state index contributed by atoms with van der Waals surface area (Å²) in [5, 5.41) is 0. The highest BCUT2D eigenvalue weighted by molar-refractivity contribution is 6.04. The number of benzene rings is 1. The fourth-order valence-corrected chi connectivity index (χ4v) is 3.22. The van der Waals surface area contributed by atoms with E-state index in [0.717, 1.165) is 5.56 Å². The summed E-state index contributed by atoms with van der Waals surface area (Å²) in [5.41, 5.74) is -2.68. The molecule has 0 saturated carbocycles. The van der Waals surface area contributed by atoms with E-state index in [4.69, 9.17) is 14.2 Å². The van der Waals surface area contributed by atoms with E-state index in [2.05, 4.69) is 0 Å². The molecule has 0 heterocycles. The molecule has 1 rings (SSSR count). The molecule has 0 aromatic heterocycles. The topological polar surface area (TPSA) is 78.9 Å². The van der Waals surface area contributed by atoms with E-state index in [1.165, 1.54) is 6.92 Å². The van der Waals surface area contributed by atoms with Crippen LogP contribution in [0.2, 0.25) is 0 Å². The normalized spacial score (nSPS) is 13.5. The molecule has 0 fully saturated rings. The molecule has 0 radical (unpaired) electrons. The van der Waals surface area contributed by atoms with Crippen LogP contribution in [0.25, 0.3) is 0 Å². The first-order valence-corrected chi connectivity index (χ1v) is 10.8. The van der Waals surface area contributed by atoms with E-state index >= 15 is 0 Å². The van der Waals surface area contributed by atoms with Crippen LogP contribution in [-0.4, -0.2) is 29.1 Å². The van der Waals surface area contributed by atoms with E-state index in [1.807, 2.05) is 44.2 Å². The Morgan fingerprint density at radius 3 is 1.65 bits per heavy atom. The largest absolute Gasteiger partial charge is 0.461 e. The number of carbonyl (C=O) groups excluding carboxylic acids is 3. The second-order valence-corrected chi connectivity index (χ2v) is 10.4. The molecule has 6 nitrogen and oxygen atoms in total. The van der Waals surface area contributed by atoms with Gasteiger partial charge in [-0.3, -0.25) is 14.4 Å². The van der Waals surface area contributed by atoms with Crippen molar-refractivity contribution in [3.05, 3.63) is 35.9 Å². The van der Waals surface area contributed by atoms with Crippen LogP contribution in [0, 0.1) is 17.3 Å². The number of hydrogen-bond donors (Lipinski definition) is 0. The molecule has 1 aromatic carbocycles. The van der Waals surface area contributed by atoms with Gasteiger partial charge in [-0.2, -0.15) is 0 Å². The Hall–Kier alpha value is -2.37. The summed E-state index contributed by atoms with van der Waals surface area (Å²) in [6, 6.07) is 9.23. The quantitative estimate of drug-likeness (QED) is 0.322. The van der Waals surface area contributed by atoms with Crippen LogP contribution in [0.3, 0.4) is 0 Å². The van der Waals surface area contributed by atoms with Crippen molar-refractivity contribution in [3.63, 3.8) is 0 Å². The molecular formula is C25H38O6. The molecule has 0 saturated heterocycles. The maximum absolute atomic E-state index is 13.4. The molecule has 1 aromatic rings. The number of rotatable bonds is 8. The third kappa shape index (κ3) is 8.00. The highest BCUT2D eigenvalue weighted by atomic mass is 16.6. The highest BCUT2D eigenvalue weighted by Gasteiger charge is 2.58. The lowest BCUT2D eigenvalue weighted by molar-refractivity contribution is -0.196. The van der Waals surface area contributed by atoms with Gasteiger partial charge < -0.3 is 14.2 Å². The molecule has 6 heteroatoms. The van der Waals surface area contributed by atoms with Crippen LogP contribution >= 0.6 is 0 Å². The van der Waals surface area contributed by atoms with Crippen molar-refractivity contribution < 1.29 is 28.6 Å². The SMILES string of the molecule is CC(C)CC(C(=O)OC(C)(C)C)(C(=O)OC(C)(C)C)[C@H](C)C(=O)OCc1ccccc1. The minimum Gasteiger partial charge on any atom is -0.461 e. The fraction of sp³-hybridized carbons (Fsp3) is 0.640. The van der Waals surface area contributed by atoms with Crippen LogP contribution in [0.15, 0.2) is 30.3 Å². The lowest BCUT2D eigenvalue weighted by Gasteiger charge is -2.38. The first-order valence-electron chi connectivity index (χ1n) is 10.8. The fourth-order valence-electron chi connectivity index (χ4n) is 3.22. The molecule has 0 aliphatic carbocycles. The Labute approximate surface area is 186 Å². The lowest BCUT2D eigenvalue weighted by Crippen LogP contribution is -2.53. The maximum Gasteiger partial charge on any atom is 0.324 e. The minimum atomic E-state index is -1.82. The molecule has 0 bridgehead atoms. The molecule has 31 heavy (non-hydrogen) atoms. The van der Waals surface area contributed by atoms with E-state index in [-0.39, 0.29) is 18.9 Å². The number of ether oxygens (including phenoxy) is 3. The summed E-state index contributed by atoms with van der Waals surface area (Å²) in [6.45, 7) is 15.7. The molecule has 0 unspecified atom stereocenters. The van der Waals surface area contributed by atoms with E-state index in [1.54, 1.807) is 41.5 Å². The predicted octanol–water partition coefficient (Wildman–Crippen LogP) is 5.08. The lowest BCUT2D eigenvalue weighted by atomic mass is 9.70. The van der Waals surface area contributed by atoms with Gasteiger partial charge in [0.2, 0.25) is 0 Å². The van der Waals surface area contributed by atoms with Gasteiger partial charge in [-0.25, -0.2) is 0 Å². The second kappa shape index (κ2) is 10.3. The van der Waals surface area contributed by atoms with Crippen molar-refractivity contribution in [3.8, 4) is 0 Å². The molecule has 0 amide bonds. The summed E-state index contributed by atoms with van der Waals surface area (Å²) in [5.74, 6) is -3.37. The Morgan fingerprint density at radius 2 is 1.26 bits per heavy atom. The van der Waals surface area contributed by atoms with Crippen LogP contribution in [-0.2, 0) is 35.2 Å². The number of esters is 3. The van der Waals surface area contributed by atoms with Crippen molar-refractivity contribution in [2.24, 2.45) is 17.3 Å². The van der Waals surface area contributed by atoms with E-state index in [0.29, 0.717) is 0 Å². The Bertz CT molecular complexity index is 724. The van der Waals surface area contributed by atoms with Crippen molar-refractivity contribution in [1.29, 1.82) is 0 Å². The van der Waals surface area contributed by atoms with Gasteiger partial charge in [0.1, 0.15) is 17.8 Å². The molecule has 0 spiro atoms. The van der Waals surface area contributed by atoms with Crippen molar-refractivity contribution in [2.75, 3.05) is 0 Å². The zero-order valence-electron chi connectivity index (χ0n) is 20.4. The second-order valence-electron chi connectivity index (χ2n) is 10.4. The van der Waals surface area contributed by atoms with Gasteiger partial charge in [-0.05, 0) is 59.4 Å². The Balaban J connectivity index is 3.36. The van der Waals surface area contributed by atoms with Crippen LogP contribution in [0.4, 0.5) is 0 Å². The predicted molar refractivity (Wildman–Crippen MR) is 119 cm³/mol. The van der Waals surface area contributed by atoms with Gasteiger partial charge in [-0.15, -0.1) is 0 Å². The standard InChI is InChI=1S/C25H38O6/c1-17(2)15-25(21(27)30-23(4,5)6,22(28)31-24(7,8)9)18(3)20(26)29-16-19-13-11-10-12-14-19/h10-14,17-18H,15-16H2,1-9H3/t18-/m1/s1. The molecular weight excluding hydrogens is 396 g/mol. The zero-order chi connectivity index (χ0) is 24.0. The maximum atomic E-state index is 13.4. The van der Waals surface area contributed by atoms with E-state index in [9.17, 15) is 14.4 Å². The minimum absolute atomic E-state index is 0.0460. The number of carbonyl (C=O) groups is 3. The van der Waals surface area contributed by atoms with Gasteiger partial charge >= 0.3 is 17.9 Å². The van der Waals surface area contributed by atoms with Crippen LogP contribution in [0.1, 0.15) is 74.3 Å². The highest BCUT2D eigenvalue weighted by Crippen LogP contribution is 2.41. The summed E-state index contributed by atoms with van der Waals surface area (Å²) >= 11 is 0. The summed E-state index contributed by atoms with van der Waals surface area (Å²) in [6.07, 6.45) is 0.0957. The van der Waals surface area contributed by atoms with Crippen molar-refractivity contribution in [1.82, 2.24) is 0 Å². The molecule has 0 aliphatic heterocycles.